The van der Waals surface area contributed by atoms with Gasteiger partial charge in [0.15, 0.2) is 0 Å². The topological polar surface area (TPSA) is 86.8 Å². The Morgan fingerprint density at radius 2 is 1.61 bits per heavy atom. The van der Waals surface area contributed by atoms with Crippen LogP contribution < -0.4 is 9.62 Å². The summed E-state index contributed by atoms with van der Waals surface area (Å²) in [5.41, 5.74) is 0.820. The van der Waals surface area contributed by atoms with Crippen molar-refractivity contribution in [2.24, 2.45) is 0 Å². The lowest BCUT2D eigenvalue weighted by Crippen LogP contribution is -2.51. The van der Waals surface area contributed by atoms with Gasteiger partial charge in [0.2, 0.25) is 21.8 Å². The number of likely N-dealkylation sites (N-methyl/N-ethyl adjacent to an activating group) is 1. The average Bonchev–Trinajstić information content (AvgIpc) is 2.71. The molecule has 0 saturated carbocycles. The number of anilines is 1. The fraction of sp³-hybridized carbons (Fsp3) is 0.333. The molecule has 0 aromatic heterocycles. The number of hydrogen-bond acceptors (Lipinski definition) is 4. The van der Waals surface area contributed by atoms with Crippen LogP contribution in [-0.4, -0.2) is 50.5 Å². The first-order chi connectivity index (χ1) is 14.6. The zero-order valence-electron chi connectivity index (χ0n) is 17.5. The van der Waals surface area contributed by atoms with E-state index in [0.717, 1.165) is 10.6 Å². The molecule has 0 saturated heterocycles. The van der Waals surface area contributed by atoms with Crippen LogP contribution in [0.25, 0.3) is 0 Å². The van der Waals surface area contributed by atoms with Crippen LogP contribution >= 0.6 is 23.2 Å². The van der Waals surface area contributed by atoms with Crippen molar-refractivity contribution in [1.82, 2.24) is 10.2 Å². The molecule has 1 N–H and O–H groups in total. The van der Waals surface area contributed by atoms with Crippen molar-refractivity contribution in [2.75, 3.05) is 23.7 Å². The Kier molecular flexibility index (Phi) is 8.73. The van der Waals surface area contributed by atoms with Crippen LogP contribution in [0.15, 0.2) is 48.5 Å². The third-order valence-electron chi connectivity index (χ3n) is 4.63. The van der Waals surface area contributed by atoms with Gasteiger partial charge in [-0.2, -0.15) is 0 Å². The first-order valence-corrected chi connectivity index (χ1v) is 12.2. The maximum absolute atomic E-state index is 13.3. The molecule has 2 rings (SSSR count). The van der Waals surface area contributed by atoms with Crippen LogP contribution in [0.4, 0.5) is 5.69 Å². The van der Waals surface area contributed by atoms with Gasteiger partial charge in [0.25, 0.3) is 0 Å². The second-order valence-electron chi connectivity index (χ2n) is 6.90. The lowest BCUT2D eigenvalue weighted by molar-refractivity contribution is -0.139. The molecule has 10 heteroatoms. The summed E-state index contributed by atoms with van der Waals surface area (Å²) in [5.74, 6) is -0.936. The molecule has 1 atom stereocenters. The molecule has 0 bridgehead atoms. The predicted molar refractivity (Wildman–Crippen MR) is 124 cm³/mol. The molecular formula is C21H25Cl2N3O4S. The van der Waals surface area contributed by atoms with Gasteiger partial charge in [0.1, 0.15) is 12.6 Å². The van der Waals surface area contributed by atoms with E-state index in [4.69, 9.17) is 23.2 Å². The van der Waals surface area contributed by atoms with Crippen molar-refractivity contribution in [3.05, 3.63) is 64.1 Å². The van der Waals surface area contributed by atoms with Crippen molar-refractivity contribution < 1.29 is 18.0 Å². The number of amides is 2. The second-order valence-corrected chi connectivity index (χ2v) is 9.62. The Morgan fingerprint density at radius 3 is 2.13 bits per heavy atom. The smallest absolute Gasteiger partial charge is 0.244 e. The maximum Gasteiger partial charge on any atom is 0.244 e. The highest BCUT2D eigenvalue weighted by Crippen LogP contribution is 2.27. The summed E-state index contributed by atoms with van der Waals surface area (Å²) in [5, 5.41) is 3.37. The zero-order valence-corrected chi connectivity index (χ0v) is 19.8. The number of halogens is 2. The van der Waals surface area contributed by atoms with Crippen LogP contribution in [0.1, 0.15) is 19.4 Å². The molecule has 0 radical (unpaired) electrons. The van der Waals surface area contributed by atoms with E-state index in [1.807, 2.05) is 0 Å². The lowest BCUT2D eigenvalue weighted by atomic mass is 10.1. The molecule has 168 valence electrons. The SMILES string of the molecule is CCNC(=O)[C@@H](C)N(Cc1c(Cl)cccc1Cl)C(=O)CN(c1ccccc1)S(C)(=O)=O. The highest BCUT2D eigenvalue weighted by Gasteiger charge is 2.30. The number of benzene rings is 2. The molecule has 2 aromatic rings. The number of para-hydroxylation sites is 1. The molecule has 0 fully saturated rings. The van der Waals surface area contributed by atoms with Gasteiger partial charge in [-0.15, -0.1) is 0 Å². The number of nitrogens with zero attached hydrogens (tertiary/aromatic N) is 2. The van der Waals surface area contributed by atoms with Crippen molar-refractivity contribution in [3.8, 4) is 0 Å². The molecule has 0 aliphatic heterocycles. The van der Waals surface area contributed by atoms with Gasteiger partial charge in [-0.3, -0.25) is 13.9 Å². The zero-order chi connectivity index (χ0) is 23.2. The van der Waals surface area contributed by atoms with E-state index in [1.54, 1.807) is 62.4 Å². The van der Waals surface area contributed by atoms with Gasteiger partial charge in [0, 0.05) is 28.7 Å². The molecule has 7 nitrogen and oxygen atoms in total. The molecule has 2 aromatic carbocycles. The molecule has 31 heavy (non-hydrogen) atoms. The standard InChI is InChI=1S/C21H25Cl2N3O4S/c1-4-24-21(28)15(2)25(13-17-18(22)11-8-12-19(17)23)20(27)14-26(31(3,29)30)16-9-6-5-7-10-16/h5-12,15H,4,13-14H2,1-3H3,(H,24,28)/t15-/m1/s1. The Labute approximate surface area is 193 Å². The normalized spacial score (nSPS) is 12.2. The second kappa shape index (κ2) is 10.8. The first kappa shape index (κ1) is 25.0. The quantitative estimate of drug-likeness (QED) is 0.589. The summed E-state index contributed by atoms with van der Waals surface area (Å²) in [4.78, 5) is 27.1. The fourth-order valence-corrected chi connectivity index (χ4v) is 4.33. The van der Waals surface area contributed by atoms with E-state index in [0.29, 0.717) is 27.8 Å². The summed E-state index contributed by atoms with van der Waals surface area (Å²) in [6.45, 7) is 3.19. The summed E-state index contributed by atoms with van der Waals surface area (Å²) in [6, 6.07) is 12.4. The highest BCUT2D eigenvalue weighted by atomic mass is 35.5. The molecule has 0 aliphatic rings. The van der Waals surface area contributed by atoms with E-state index in [9.17, 15) is 18.0 Å². The molecule has 0 unspecified atom stereocenters. The van der Waals surface area contributed by atoms with E-state index in [1.165, 1.54) is 4.90 Å². The number of rotatable bonds is 9. The molecule has 0 aliphatic carbocycles. The van der Waals surface area contributed by atoms with Crippen LogP contribution in [0.5, 0.6) is 0 Å². The summed E-state index contributed by atoms with van der Waals surface area (Å²) < 4.78 is 25.8. The fourth-order valence-electron chi connectivity index (χ4n) is 2.97. The third-order valence-corrected chi connectivity index (χ3v) is 6.48. The van der Waals surface area contributed by atoms with Crippen molar-refractivity contribution in [3.63, 3.8) is 0 Å². The van der Waals surface area contributed by atoms with Crippen molar-refractivity contribution >= 4 is 50.7 Å². The van der Waals surface area contributed by atoms with Crippen LogP contribution in [0, 0.1) is 0 Å². The molecule has 0 spiro atoms. The minimum absolute atomic E-state index is 0.0535. The maximum atomic E-state index is 13.3. The van der Waals surface area contributed by atoms with E-state index >= 15 is 0 Å². The first-order valence-electron chi connectivity index (χ1n) is 9.59. The predicted octanol–water partition coefficient (Wildman–Crippen LogP) is 3.31. The van der Waals surface area contributed by atoms with Gasteiger partial charge in [-0.25, -0.2) is 8.42 Å². The van der Waals surface area contributed by atoms with Crippen molar-refractivity contribution in [2.45, 2.75) is 26.4 Å². The van der Waals surface area contributed by atoms with Gasteiger partial charge in [-0.05, 0) is 38.1 Å². The van der Waals surface area contributed by atoms with E-state index in [-0.39, 0.29) is 12.5 Å². The van der Waals surface area contributed by atoms with Gasteiger partial charge < -0.3 is 10.2 Å². The number of carbonyl (C=O) groups is 2. The summed E-state index contributed by atoms with van der Waals surface area (Å²) in [6.07, 6.45) is 1.02. The minimum Gasteiger partial charge on any atom is -0.355 e. The Balaban J connectivity index is 2.42. The highest BCUT2D eigenvalue weighted by molar-refractivity contribution is 7.92. The van der Waals surface area contributed by atoms with Gasteiger partial charge in [-0.1, -0.05) is 47.5 Å². The average molecular weight is 486 g/mol. The van der Waals surface area contributed by atoms with Crippen LogP contribution in [0.3, 0.4) is 0 Å². The third kappa shape index (κ3) is 6.59. The monoisotopic (exact) mass is 485 g/mol. The van der Waals surface area contributed by atoms with Crippen LogP contribution in [-0.2, 0) is 26.2 Å². The largest absolute Gasteiger partial charge is 0.355 e. The van der Waals surface area contributed by atoms with E-state index in [2.05, 4.69) is 5.32 Å². The van der Waals surface area contributed by atoms with Crippen molar-refractivity contribution in [1.29, 1.82) is 0 Å². The Hall–Kier alpha value is -2.29. The van der Waals surface area contributed by atoms with E-state index < -0.39 is 28.5 Å². The number of carbonyl (C=O) groups excluding carboxylic acids is 2. The minimum atomic E-state index is -3.76. The van der Waals surface area contributed by atoms with Crippen LogP contribution in [0.2, 0.25) is 10.0 Å². The Bertz CT molecular complexity index is 1010. The molecular weight excluding hydrogens is 461 g/mol. The number of sulfonamides is 1. The van der Waals surface area contributed by atoms with Gasteiger partial charge >= 0.3 is 0 Å². The molecule has 0 heterocycles. The summed E-state index contributed by atoms with van der Waals surface area (Å²) in [7, 11) is -3.76. The Morgan fingerprint density at radius 1 is 1.03 bits per heavy atom. The number of nitrogens with one attached hydrogen (secondary N) is 1. The molecule has 2 amide bonds. The number of hydrogen-bond donors (Lipinski definition) is 1. The van der Waals surface area contributed by atoms with Gasteiger partial charge in [0.05, 0.1) is 11.9 Å². The lowest BCUT2D eigenvalue weighted by Gasteiger charge is -2.31. The summed E-state index contributed by atoms with van der Waals surface area (Å²) >= 11 is 12.5.